The van der Waals surface area contributed by atoms with Crippen molar-refractivity contribution in [1.29, 1.82) is 0 Å². The lowest BCUT2D eigenvalue weighted by molar-refractivity contribution is -0.164. The molecule has 2 unspecified atom stereocenters. The van der Waals surface area contributed by atoms with Gasteiger partial charge in [-0.15, -0.1) is 0 Å². The normalized spacial score (nSPS) is 23.1. The number of carbonyl (C=O) groups excluding carboxylic acids is 1. The molecule has 1 amide bonds. The van der Waals surface area contributed by atoms with Gasteiger partial charge in [0.15, 0.2) is 0 Å². The molecule has 21 heavy (non-hydrogen) atoms. The predicted molar refractivity (Wildman–Crippen MR) is 73.9 cm³/mol. The van der Waals surface area contributed by atoms with Crippen LogP contribution in [0.5, 0.6) is 0 Å². The van der Waals surface area contributed by atoms with Gasteiger partial charge in [-0.05, 0) is 38.6 Å². The molecule has 0 aromatic carbocycles. The number of ether oxygens (including phenoxy) is 1. The molecular formula is C14H25F3N2O2. The average Bonchev–Trinajstić information content (AvgIpc) is 2.41. The fourth-order valence-corrected chi connectivity index (χ4v) is 2.56. The monoisotopic (exact) mass is 310 g/mol. The molecule has 1 N–H and O–H groups in total. The van der Waals surface area contributed by atoms with Crippen molar-refractivity contribution in [2.75, 3.05) is 32.8 Å². The molecule has 1 aliphatic rings. The van der Waals surface area contributed by atoms with E-state index in [1.165, 1.54) is 0 Å². The fourth-order valence-electron chi connectivity index (χ4n) is 2.56. The van der Waals surface area contributed by atoms with Crippen molar-refractivity contribution in [2.45, 2.75) is 45.3 Å². The molecule has 1 fully saturated rings. The second-order valence-electron chi connectivity index (χ2n) is 5.48. The van der Waals surface area contributed by atoms with Crippen LogP contribution < -0.4 is 5.32 Å². The smallest absolute Gasteiger partial charge is 0.382 e. The van der Waals surface area contributed by atoms with E-state index in [1.54, 1.807) is 0 Å². The maximum Gasteiger partial charge on any atom is 0.406 e. The van der Waals surface area contributed by atoms with Crippen molar-refractivity contribution in [3.63, 3.8) is 0 Å². The lowest BCUT2D eigenvalue weighted by Gasteiger charge is -2.34. The Morgan fingerprint density at radius 1 is 1.43 bits per heavy atom. The number of carbonyl (C=O) groups is 1. The SMILES string of the molecule is CCOCCCN(CC(F)(F)F)C(=O)C1NCCCC1C. The van der Waals surface area contributed by atoms with Crippen LogP contribution in [0.4, 0.5) is 13.2 Å². The van der Waals surface area contributed by atoms with Gasteiger partial charge in [-0.25, -0.2) is 0 Å². The first-order valence-corrected chi connectivity index (χ1v) is 7.51. The number of halogens is 3. The van der Waals surface area contributed by atoms with Crippen LogP contribution in [0, 0.1) is 5.92 Å². The lowest BCUT2D eigenvalue weighted by atomic mass is 9.91. The average molecular weight is 310 g/mol. The summed E-state index contributed by atoms with van der Waals surface area (Å²) >= 11 is 0. The van der Waals surface area contributed by atoms with Crippen LogP contribution in [-0.4, -0.2) is 55.9 Å². The standard InChI is InChI=1S/C14H25F3N2O2/c1-3-21-9-5-8-19(10-14(15,16)17)13(20)12-11(2)6-4-7-18-12/h11-12,18H,3-10H2,1-2H3. The summed E-state index contributed by atoms with van der Waals surface area (Å²) in [5.74, 6) is -0.384. The number of piperidine rings is 1. The minimum Gasteiger partial charge on any atom is -0.382 e. The molecule has 0 spiro atoms. The summed E-state index contributed by atoms with van der Waals surface area (Å²) in [6, 6.07) is -0.506. The van der Waals surface area contributed by atoms with Crippen LogP contribution in [0.2, 0.25) is 0 Å². The molecule has 1 rings (SSSR count). The van der Waals surface area contributed by atoms with Gasteiger partial charge in [-0.3, -0.25) is 4.79 Å². The molecule has 0 bridgehead atoms. The molecule has 124 valence electrons. The van der Waals surface area contributed by atoms with Gasteiger partial charge in [-0.2, -0.15) is 13.2 Å². The van der Waals surface area contributed by atoms with E-state index >= 15 is 0 Å². The first-order valence-electron chi connectivity index (χ1n) is 7.51. The maximum atomic E-state index is 12.7. The summed E-state index contributed by atoms with van der Waals surface area (Å²) in [5.41, 5.74) is 0. The van der Waals surface area contributed by atoms with Gasteiger partial charge in [0.2, 0.25) is 5.91 Å². The number of hydrogen-bond acceptors (Lipinski definition) is 3. The summed E-state index contributed by atoms with van der Waals surface area (Å²) < 4.78 is 43.1. The van der Waals surface area contributed by atoms with Crippen LogP contribution in [0.25, 0.3) is 0 Å². The molecular weight excluding hydrogens is 285 g/mol. The minimum atomic E-state index is -4.38. The highest BCUT2D eigenvalue weighted by atomic mass is 19.4. The zero-order chi connectivity index (χ0) is 15.9. The van der Waals surface area contributed by atoms with E-state index < -0.39 is 24.7 Å². The van der Waals surface area contributed by atoms with Gasteiger partial charge >= 0.3 is 6.18 Å². The Balaban J connectivity index is 2.62. The number of nitrogens with one attached hydrogen (secondary N) is 1. The highest BCUT2D eigenvalue weighted by Gasteiger charge is 2.37. The van der Waals surface area contributed by atoms with Crippen molar-refractivity contribution >= 4 is 5.91 Å². The highest BCUT2D eigenvalue weighted by Crippen LogP contribution is 2.21. The van der Waals surface area contributed by atoms with Gasteiger partial charge in [0.25, 0.3) is 0 Å². The highest BCUT2D eigenvalue weighted by molar-refractivity contribution is 5.82. The molecule has 0 radical (unpaired) electrons. The Labute approximate surface area is 124 Å². The Bertz CT molecular complexity index is 324. The molecule has 2 atom stereocenters. The Kier molecular flexibility index (Phi) is 7.45. The molecule has 7 heteroatoms. The van der Waals surface area contributed by atoms with E-state index in [0.717, 1.165) is 17.7 Å². The van der Waals surface area contributed by atoms with E-state index in [0.29, 0.717) is 26.2 Å². The first kappa shape index (κ1) is 18.2. The summed E-state index contributed by atoms with van der Waals surface area (Å²) in [7, 11) is 0. The number of hydrogen-bond donors (Lipinski definition) is 1. The molecule has 0 aromatic rings. The third-order valence-electron chi connectivity index (χ3n) is 3.64. The van der Waals surface area contributed by atoms with E-state index in [9.17, 15) is 18.0 Å². The molecule has 1 saturated heterocycles. The first-order chi connectivity index (χ1) is 9.85. The zero-order valence-electron chi connectivity index (χ0n) is 12.7. The Morgan fingerprint density at radius 2 is 2.14 bits per heavy atom. The van der Waals surface area contributed by atoms with Crippen molar-refractivity contribution in [3.05, 3.63) is 0 Å². The van der Waals surface area contributed by atoms with Gasteiger partial charge in [0, 0.05) is 19.8 Å². The van der Waals surface area contributed by atoms with Gasteiger partial charge in [-0.1, -0.05) is 6.92 Å². The fraction of sp³-hybridized carbons (Fsp3) is 0.929. The summed E-state index contributed by atoms with van der Waals surface area (Å²) in [4.78, 5) is 13.3. The Hall–Kier alpha value is -0.820. The molecule has 1 heterocycles. The van der Waals surface area contributed by atoms with Crippen LogP contribution in [-0.2, 0) is 9.53 Å². The number of alkyl halides is 3. The van der Waals surface area contributed by atoms with Gasteiger partial charge in [0.05, 0.1) is 6.04 Å². The third-order valence-corrected chi connectivity index (χ3v) is 3.64. The maximum absolute atomic E-state index is 12.7. The van der Waals surface area contributed by atoms with Crippen LogP contribution in [0.1, 0.15) is 33.1 Å². The summed E-state index contributed by atoms with van der Waals surface area (Å²) in [6.45, 7) is 4.18. The van der Waals surface area contributed by atoms with Crippen LogP contribution in [0.15, 0.2) is 0 Å². The molecule has 0 aromatic heterocycles. The largest absolute Gasteiger partial charge is 0.406 e. The quantitative estimate of drug-likeness (QED) is 0.733. The second-order valence-corrected chi connectivity index (χ2v) is 5.48. The van der Waals surface area contributed by atoms with Crippen LogP contribution >= 0.6 is 0 Å². The van der Waals surface area contributed by atoms with E-state index in [2.05, 4.69) is 5.32 Å². The lowest BCUT2D eigenvalue weighted by Crippen LogP contribution is -2.54. The second kappa shape index (κ2) is 8.58. The van der Waals surface area contributed by atoms with Gasteiger partial charge < -0.3 is 15.0 Å². The predicted octanol–water partition coefficient (Wildman–Crippen LogP) is 2.19. The molecule has 0 saturated carbocycles. The van der Waals surface area contributed by atoms with E-state index in [4.69, 9.17) is 4.74 Å². The summed E-state index contributed by atoms with van der Waals surface area (Å²) in [5, 5.41) is 3.05. The summed E-state index contributed by atoms with van der Waals surface area (Å²) in [6.07, 6.45) is -2.15. The third kappa shape index (κ3) is 6.65. The van der Waals surface area contributed by atoms with Crippen LogP contribution in [0.3, 0.4) is 0 Å². The number of rotatable bonds is 7. The topological polar surface area (TPSA) is 41.6 Å². The van der Waals surface area contributed by atoms with Crippen molar-refractivity contribution in [2.24, 2.45) is 5.92 Å². The zero-order valence-corrected chi connectivity index (χ0v) is 12.7. The van der Waals surface area contributed by atoms with Crippen molar-refractivity contribution in [3.8, 4) is 0 Å². The number of nitrogens with zero attached hydrogens (tertiary/aromatic N) is 1. The van der Waals surface area contributed by atoms with Crippen molar-refractivity contribution in [1.82, 2.24) is 10.2 Å². The van der Waals surface area contributed by atoms with Gasteiger partial charge in [0.1, 0.15) is 6.54 Å². The number of amides is 1. The van der Waals surface area contributed by atoms with Crippen molar-refractivity contribution < 1.29 is 22.7 Å². The van der Waals surface area contributed by atoms with E-state index in [-0.39, 0.29) is 12.5 Å². The molecule has 1 aliphatic heterocycles. The van der Waals surface area contributed by atoms with E-state index in [1.807, 2.05) is 13.8 Å². The Morgan fingerprint density at radius 3 is 2.71 bits per heavy atom. The minimum absolute atomic E-state index is 0.0638. The molecule has 4 nitrogen and oxygen atoms in total. The molecule has 0 aliphatic carbocycles.